The third-order valence-electron chi connectivity index (χ3n) is 6.49. The van der Waals surface area contributed by atoms with E-state index in [2.05, 4.69) is 5.32 Å². The number of nitrogens with one attached hydrogen (secondary N) is 1. The molecule has 0 heterocycles. The number of carbonyl (C=O) groups is 2. The standard InChI is InChI=1S/C30H37N3O6S/c1-6-26(30(35)31-7-2)32(20-23-14-12-22(3)13-15-23)29(34)21-33(27-10-8-9-11-28(27)39-5)40(36,37)25-18-16-24(38-4)17-19-25/h8-19,26H,6-7,20-21H2,1-5H3,(H,31,35). The maximum atomic E-state index is 14.1. The minimum atomic E-state index is -4.23. The number of rotatable bonds is 13. The van der Waals surface area contributed by atoms with E-state index in [9.17, 15) is 18.0 Å². The lowest BCUT2D eigenvalue weighted by Gasteiger charge is -2.33. The Kier molecular flexibility index (Phi) is 10.6. The summed E-state index contributed by atoms with van der Waals surface area (Å²) < 4.78 is 39.7. The van der Waals surface area contributed by atoms with Gasteiger partial charge in [-0.3, -0.25) is 13.9 Å². The fraction of sp³-hybridized carbons (Fsp3) is 0.333. The molecule has 1 N–H and O–H groups in total. The molecule has 0 aliphatic heterocycles. The van der Waals surface area contributed by atoms with Crippen molar-refractivity contribution >= 4 is 27.5 Å². The number of methoxy groups -OCH3 is 2. The van der Waals surface area contributed by atoms with Crippen LogP contribution < -0.4 is 19.1 Å². The average molecular weight is 568 g/mol. The van der Waals surface area contributed by atoms with Crippen molar-refractivity contribution in [1.82, 2.24) is 10.2 Å². The van der Waals surface area contributed by atoms with Gasteiger partial charge in [0.1, 0.15) is 24.1 Å². The molecule has 0 radical (unpaired) electrons. The number of amides is 2. The normalized spacial score (nSPS) is 11.8. The third kappa shape index (κ3) is 7.12. The van der Waals surface area contributed by atoms with E-state index in [1.807, 2.05) is 45.0 Å². The number of aryl methyl sites for hydroxylation is 1. The molecule has 0 aromatic heterocycles. The van der Waals surface area contributed by atoms with Gasteiger partial charge in [-0.2, -0.15) is 0 Å². The van der Waals surface area contributed by atoms with E-state index in [-0.39, 0.29) is 28.8 Å². The zero-order chi connectivity index (χ0) is 29.3. The maximum Gasteiger partial charge on any atom is 0.264 e. The lowest BCUT2D eigenvalue weighted by atomic mass is 10.1. The number of para-hydroxylation sites is 2. The number of anilines is 1. The number of nitrogens with zero attached hydrogens (tertiary/aromatic N) is 2. The lowest BCUT2D eigenvalue weighted by molar-refractivity contribution is -0.140. The predicted octanol–water partition coefficient (Wildman–Crippen LogP) is 4.15. The number of hydrogen-bond acceptors (Lipinski definition) is 6. The van der Waals surface area contributed by atoms with Gasteiger partial charge in [0.05, 0.1) is 24.8 Å². The van der Waals surface area contributed by atoms with Gasteiger partial charge >= 0.3 is 0 Å². The van der Waals surface area contributed by atoms with E-state index < -0.39 is 28.5 Å². The number of likely N-dealkylation sites (N-methyl/N-ethyl adjacent to an activating group) is 1. The minimum absolute atomic E-state index is 0.0205. The summed E-state index contributed by atoms with van der Waals surface area (Å²) in [5, 5.41) is 2.80. The molecule has 3 aromatic carbocycles. The number of hydrogen-bond donors (Lipinski definition) is 1. The van der Waals surface area contributed by atoms with Gasteiger partial charge < -0.3 is 19.7 Å². The van der Waals surface area contributed by atoms with Gasteiger partial charge in [0, 0.05) is 13.1 Å². The quantitative estimate of drug-likeness (QED) is 0.333. The van der Waals surface area contributed by atoms with Crippen molar-refractivity contribution in [3.63, 3.8) is 0 Å². The van der Waals surface area contributed by atoms with Crippen LogP contribution in [0.3, 0.4) is 0 Å². The van der Waals surface area contributed by atoms with Crippen LogP contribution in [0.1, 0.15) is 31.4 Å². The molecule has 3 aromatic rings. The molecule has 0 spiro atoms. The molecule has 9 nitrogen and oxygen atoms in total. The molecule has 3 rings (SSSR count). The number of sulfonamides is 1. The number of carbonyl (C=O) groups excluding carboxylic acids is 2. The van der Waals surface area contributed by atoms with Crippen LogP contribution in [0.15, 0.2) is 77.7 Å². The minimum Gasteiger partial charge on any atom is -0.497 e. The summed E-state index contributed by atoms with van der Waals surface area (Å²) in [7, 11) is -1.31. The Morgan fingerprint density at radius 2 is 1.55 bits per heavy atom. The Labute approximate surface area is 236 Å². The van der Waals surface area contributed by atoms with E-state index in [0.29, 0.717) is 18.7 Å². The Morgan fingerprint density at radius 1 is 0.900 bits per heavy atom. The van der Waals surface area contributed by atoms with Gasteiger partial charge in [0.15, 0.2) is 0 Å². The summed E-state index contributed by atoms with van der Waals surface area (Å²) in [4.78, 5) is 28.5. The van der Waals surface area contributed by atoms with E-state index in [1.54, 1.807) is 36.4 Å². The van der Waals surface area contributed by atoms with Gasteiger partial charge in [-0.15, -0.1) is 0 Å². The van der Waals surface area contributed by atoms with Crippen LogP contribution in [-0.2, 0) is 26.2 Å². The molecule has 0 saturated heterocycles. The van der Waals surface area contributed by atoms with Gasteiger partial charge in [-0.25, -0.2) is 8.42 Å². The van der Waals surface area contributed by atoms with Gasteiger partial charge in [0.25, 0.3) is 10.0 Å². The summed E-state index contributed by atoms with van der Waals surface area (Å²) in [6.07, 6.45) is 0.351. The fourth-order valence-corrected chi connectivity index (χ4v) is 5.75. The molecule has 1 atom stereocenters. The van der Waals surface area contributed by atoms with E-state index in [0.717, 1.165) is 15.4 Å². The van der Waals surface area contributed by atoms with Crippen molar-refractivity contribution in [2.75, 3.05) is 31.6 Å². The van der Waals surface area contributed by atoms with Crippen molar-refractivity contribution in [2.24, 2.45) is 0 Å². The predicted molar refractivity (Wildman–Crippen MR) is 155 cm³/mol. The molecule has 0 aliphatic rings. The van der Waals surface area contributed by atoms with Crippen molar-refractivity contribution < 1.29 is 27.5 Å². The second-order valence-corrected chi connectivity index (χ2v) is 11.0. The van der Waals surface area contributed by atoms with Crippen molar-refractivity contribution in [1.29, 1.82) is 0 Å². The highest BCUT2D eigenvalue weighted by Crippen LogP contribution is 2.33. The van der Waals surface area contributed by atoms with Crippen LogP contribution in [0.5, 0.6) is 11.5 Å². The Balaban J connectivity index is 2.09. The molecule has 0 saturated carbocycles. The third-order valence-corrected chi connectivity index (χ3v) is 8.26. The van der Waals surface area contributed by atoms with E-state index in [1.165, 1.54) is 31.3 Å². The van der Waals surface area contributed by atoms with Crippen LogP contribution >= 0.6 is 0 Å². The van der Waals surface area contributed by atoms with Gasteiger partial charge in [0.2, 0.25) is 11.8 Å². The number of ether oxygens (including phenoxy) is 2. The van der Waals surface area contributed by atoms with E-state index >= 15 is 0 Å². The van der Waals surface area contributed by atoms with Crippen LogP contribution in [-0.4, -0.2) is 58.5 Å². The molecule has 0 bridgehead atoms. The summed E-state index contributed by atoms with van der Waals surface area (Å²) in [6, 6.07) is 19.4. The topological polar surface area (TPSA) is 105 Å². The first kappa shape index (κ1) is 30.5. The van der Waals surface area contributed by atoms with Crippen molar-refractivity contribution in [2.45, 2.75) is 44.7 Å². The highest BCUT2D eigenvalue weighted by atomic mass is 32.2. The van der Waals surface area contributed by atoms with Gasteiger partial charge in [-0.1, -0.05) is 48.9 Å². The van der Waals surface area contributed by atoms with Gasteiger partial charge in [-0.05, 0) is 62.2 Å². The molecule has 2 amide bonds. The average Bonchev–Trinajstić information content (AvgIpc) is 2.96. The molecule has 0 fully saturated rings. The van der Waals surface area contributed by atoms with Crippen LogP contribution in [0, 0.1) is 6.92 Å². The second-order valence-electron chi connectivity index (χ2n) is 9.18. The summed E-state index contributed by atoms with van der Waals surface area (Å²) in [6.45, 7) is 5.59. The molecule has 40 heavy (non-hydrogen) atoms. The Morgan fingerprint density at radius 3 is 2.12 bits per heavy atom. The van der Waals surface area contributed by atoms with Crippen molar-refractivity contribution in [3.05, 3.63) is 83.9 Å². The van der Waals surface area contributed by atoms with Crippen LogP contribution in [0.4, 0.5) is 5.69 Å². The molecular weight excluding hydrogens is 530 g/mol. The molecule has 10 heteroatoms. The smallest absolute Gasteiger partial charge is 0.264 e. The summed E-state index contributed by atoms with van der Waals surface area (Å²) >= 11 is 0. The zero-order valence-corrected chi connectivity index (χ0v) is 24.4. The highest BCUT2D eigenvalue weighted by molar-refractivity contribution is 7.92. The molecule has 0 aliphatic carbocycles. The van der Waals surface area contributed by atoms with Crippen molar-refractivity contribution in [3.8, 4) is 11.5 Å². The summed E-state index contributed by atoms with van der Waals surface area (Å²) in [5.74, 6) is -0.0434. The van der Waals surface area contributed by atoms with Crippen LogP contribution in [0.25, 0.3) is 0 Å². The first-order chi connectivity index (χ1) is 19.2. The second kappa shape index (κ2) is 13.8. The Bertz CT molecular complexity index is 1390. The number of benzene rings is 3. The largest absolute Gasteiger partial charge is 0.497 e. The molecular formula is C30H37N3O6S. The summed E-state index contributed by atoms with van der Waals surface area (Å²) in [5.41, 5.74) is 2.09. The first-order valence-electron chi connectivity index (χ1n) is 13.1. The highest BCUT2D eigenvalue weighted by Gasteiger charge is 2.34. The SMILES string of the molecule is CCNC(=O)C(CC)N(Cc1ccc(C)cc1)C(=O)CN(c1ccccc1OC)S(=O)(=O)c1ccc(OC)cc1. The molecule has 214 valence electrons. The first-order valence-corrected chi connectivity index (χ1v) is 14.5. The van der Waals surface area contributed by atoms with Crippen LogP contribution in [0.2, 0.25) is 0 Å². The Hall–Kier alpha value is -4.05. The zero-order valence-electron chi connectivity index (χ0n) is 23.6. The molecule has 1 unspecified atom stereocenters. The lowest BCUT2D eigenvalue weighted by Crippen LogP contribution is -2.52. The fourth-order valence-electron chi connectivity index (χ4n) is 4.33. The maximum absolute atomic E-state index is 14.1. The monoisotopic (exact) mass is 567 g/mol. The van der Waals surface area contributed by atoms with E-state index in [4.69, 9.17) is 9.47 Å².